The van der Waals surface area contributed by atoms with Crippen LogP contribution in [0.5, 0.6) is 0 Å². The topological polar surface area (TPSA) is 53.3 Å². The number of carbonyl (C=O) groups excluding carboxylic acids is 1. The summed E-state index contributed by atoms with van der Waals surface area (Å²) in [6.07, 6.45) is 1.04. The molecular formula is C18H22ClFN2O2. The van der Waals surface area contributed by atoms with E-state index in [9.17, 15) is 14.4 Å². The summed E-state index contributed by atoms with van der Waals surface area (Å²) in [5.41, 5.74) is -0.314. The van der Waals surface area contributed by atoms with Gasteiger partial charge in [0.2, 0.25) is 0 Å². The smallest absolute Gasteiger partial charge is 0.410 e. The predicted octanol–water partition coefficient (Wildman–Crippen LogP) is 4.66. The molecule has 0 radical (unpaired) electrons. The summed E-state index contributed by atoms with van der Waals surface area (Å²) in [4.78, 5) is 13.8. The highest BCUT2D eigenvalue weighted by atomic mass is 35.5. The SMILES string of the molecule is CC(C)(C)OC(=O)N1CCC(CC#N)(c2cc(F)cc(Cl)c2)CC1. The maximum absolute atomic E-state index is 13.7. The van der Waals surface area contributed by atoms with Crippen molar-refractivity contribution in [1.82, 2.24) is 4.90 Å². The Labute approximate surface area is 147 Å². The summed E-state index contributed by atoms with van der Waals surface area (Å²) in [6.45, 7) is 6.39. The van der Waals surface area contributed by atoms with Gasteiger partial charge in [-0.2, -0.15) is 5.26 Å². The lowest BCUT2D eigenvalue weighted by molar-refractivity contribution is 0.0165. The standard InChI is InChI=1S/C18H22ClFN2O2/c1-17(2,3)24-16(23)22-8-5-18(4-7-21,6-9-22)13-10-14(19)12-15(20)11-13/h10-12H,4-6,8-9H2,1-3H3. The molecule has 0 N–H and O–H groups in total. The molecule has 1 amide bonds. The number of likely N-dealkylation sites (tertiary alicyclic amines) is 1. The molecule has 0 bridgehead atoms. The van der Waals surface area contributed by atoms with Crippen LogP contribution in [0, 0.1) is 17.1 Å². The molecule has 1 aliphatic heterocycles. The summed E-state index contributed by atoms with van der Waals surface area (Å²) in [5.74, 6) is -0.413. The molecule has 4 nitrogen and oxygen atoms in total. The number of hydrogen-bond acceptors (Lipinski definition) is 3. The molecule has 1 aliphatic rings. The highest BCUT2D eigenvalue weighted by Crippen LogP contribution is 2.40. The first kappa shape index (κ1) is 18.5. The second-order valence-electron chi connectivity index (χ2n) is 7.24. The van der Waals surface area contributed by atoms with Crippen LogP contribution in [0.15, 0.2) is 18.2 Å². The van der Waals surface area contributed by atoms with E-state index in [0.29, 0.717) is 31.0 Å². The molecule has 1 heterocycles. The van der Waals surface area contributed by atoms with Crippen LogP contribution in [0.1, 0.15) is 45.6 Å². The van der Waals surface area contributed by atoms with Crippen molar-refractivity contribution in [2.75, 3.05) is 13.1 Å². The first-order valence-electron chi connectivity index (χ1n) is 7.97. The molecule has 2 rings (SSSR count). The minimum Gasteiger partial charge on any atom is -0.444 e. The molecule has 0 aromatic heterocycles. The number of hydrogen-bond donors (Lipinski definition) is 0. The van der Waals surface area contributed by atoms with Crippen LogP contribution in [-0.2, 0) is 10.2 Å². The third kappa shape index (κ3) is 4.39. The van der Waals surface area contributed by atoms with Crippen molar-refractivity contribution in [3.63, 3.8) is 0 Å². The van der Waals surface area contributed by atoms with Gasteiger partial charge in [0.1, 0.15) is 11.4 Å². The summed E-state index contributed by atoms with van der Waals surface area (Å²) < 4.78 is 19.1. The van der Waals surface area contributed by atoms with Crippen LogP contribution in [0.3, 0.4) is 0 Å². The summed E-state index contributed by atoms with van der Waals surface area (Å²) in [5, 5.41) is 9.55. The van der Waals surface area contributed by atoms with Gasteiger partial charge >= 0.3 is 6.09 Å². The fourth-order valence-electron chi connectivity index (χ4n) is 3.02. The van der Waals surface area contributed by atoms with E-state index in [-0.39, 0.29) is 12.5 Å². The van der Waals surface area contributed by atoms with Gasteiger partial charge < -0.3 is 9.64 Å². The average molecular weight is 353 g/mol. The molecule has 0 spiro atoms. The van der Waals surface area contributed by atoms with Crippen molar-refractivity contribution in [2.24, 2.45) is 0 Å². The van der Waals surface area contributed by atoms with Gasteiger partial charge in [-0.05, 0) is 57.4 Å². The van der Waals surface area contributed by atoms with Crippen molar-refractivity contribution in [2.45, 2.75) is 51.0 Å². The summed E-state index contributed by atoms with van der Waals surface area (Å²) in [6, 6.07) is 6.60. The van der Waals surface area contributed by atoms with E-state index in [1.54, 1.807) is 11.0 Å². The Morgan fingerprint density at radius 2 is 2.00 bits per heavy atom. The van der Waals surface area contributed by atoms with Crippen molar-refractivity contribution in [1.29, 1.82) is 5.26 Å². The lowest BCUT2D eigenvalue weighted by atomic mass is 9.71. The molecule has 0 unspecified atom stereocenters. The third-order valence-corrected chi connectivity index (χ3v) is 4.48. The minimum atomic E-state index is -0.547. The Kier molecular flexibility index (Phi) is 5.39. The number of ether oxygens (including phenoxy) is 1. The quantitative estimate of drug-likeness (QED) is 0.777. The molecule has 1 aromatic rings. The molecule has 24 heavy (non-hydrogen) atoms. The Morgan fingerprint density at radius 3 is 2.50 bits per heavy atom. The zero-order valence-corrected chi connectivity index (χ0v) is 15.0. The minimum absolute atomic E-state index is 0.259. The fraction of sp³-hybridized carbons (Fsp3) is 0.556. The second kappa shape index (κ2) is 6.98. The Morgan fingerprint density at radius 1 is 1.38 bits per heavy atom. The van der Waals surface area contributed by atoms with Crippen LogP contribution >= 0.6 is 11.6 Å². The van der Waals surface area contributed by atoms with Crippen molar-refractivity contribution >= 4 is 17.7 Å². The maximum atomic E-state index is 13.7. The predicted molar refractivity (Wildman–Crippen MR) is 90.4 cm³/mol. The van der Waals surface area contributed by atoms with E-state index in [4.69, 9.17) is 16.3 Å². The number of nitriles is 1. The Hall–Kier alpha value is -1.80. The molecular weight excluding hydrogens is 331 g/mol. The normalized spacial score (nSPS) is 17.2. The summed E-state index contributed by atoms with van der Waals surface area (Å²) >= 11 is 5.98. The number of rotatable bonds is 2. The molecule has 1 saturated heterocycles. The van der Waals surface area contributed by atoms with Crippen molar-refractivity contribution in [3.05, 3.63) is 34.6 Å². The average Bonchev–Trinajstić information content (AvgIpc) is 2.45. The van der Waals surface area contributed by atoms with E-state index >= 15 is 0 Å². The van der Waals surface area contributed by atoms with Crippen LogP contribution < -0.4 is 0 Å². The zero-order chi connectivity index (χ0) is 18.0. The van der Waals surface area contributed by atoms with Gasteiger partial charge in [-0.15, -0.1) is 0 Å². The van der Waals surface area contributed by atoms with E-state index in [0.717, 1.165) is 5.56 Å². The van der Waals surface area contributed by atoms with Gasteiger partial charge in [-0.1, -0.05) is 11.6 Å². The van der Waals surface area contributed by atoms with Crippen LogP contribution in [0.2, 0.25) is 5.02 Å². The van der Waals surface area contributed by atoms with E-state index in [1.807, 2.05) is 20.8 Å². The van der Waals surface area contributed by atoms with Crippen molar-refractivity contribution in [3.8, 4) is 6.07 Å². The molecule has 0 aliphatic carbocycles. The number of nitrogens with zero attached hydrogens (tertiary/aromatic N) is 2. The van der Waals surface area contributed by atoms with Gasteiger partial charge in [0, 0.05) is 29.9 Å². The van der Waals surface area contributed by atoms with E-state index in [2.05, 4.69) is 6.07 Å². The molecule has 0 saturated carbocycles. The monoisotopic (exact) mass is 352 g/mol. The van der Waals surface area contributed by atoms with Gasteiger partial charge in [-0.25, -0.2) is 9.18 Å². The second-order valence-corrected chi connectivity index (χ2v) is 7.68. The van der Waals surface area contributed by atoms with E-state index < -0.39 is 16.8 Å². The van der Waals surface area contributed by atoms with Gasteiger partial charge in [0.15, 0.2) is 0 Å². The number of halogens is 2. The first-order chi connectivity index (χ1) is 11.1. The number of benzene rings is 1. The molecule has 1 aromatic carbocycles. The fourth-order valence-corrected chi connectivity index (χ4v) is 3.24. The largest absolute Gasteiger partial charge is 0.444 e. The molecule has 0 atom stereocenters. The number of carbonyl (C=O) groups is 1. The zero-order valence-electron chi connectivity index (χ0n) is 14.2. The van der Waals surface area contributed by atoms with Crippen LogP contribution in [0.4, 0.5) is 9.18 Å². The Balaban J connectivity index is 2.18. The highest BCUT2D eigenvalue weighted by molar-refractivity contribution is 6.30. The van der Waals surface area contributed by atoms with Gasteiger partial charge in [-0.3, -0.25) is 0 Å². The maximum Gasteiger partial charge on any atom is 0.410 e. The molecule has 130 valence electrons. The van der Waals surface area contributed by atoms with Crippen molar-refractivity contribution < 1.29 is 13.9 Å². The van der Waals surface area contributed by atoms with E-state index in [1.165, 1.54) is 12.1 Å². The lowest BCUT2D eigenvalue weighted by Gasteiger charge is -2.41. The third-order valence-electron chi connectivity index (χ3n) is 4.26. The van der Waals surface area contributed by atoms with Gasteiger partial charge in [0.25, 0.3) is 0 Å². The number of amides is 1. The van der Waals surface area contributed by atoms with Crippen LogP contribution in [0.25, 0.3) is 0 Å². The van der Waals surface area contributed by atoms with Crippen LogP contribution in [-0.4, -0.2) is 29.7 Å². The summed E-state index contributed by atoms with van der Waals surface area (Å²) in [7, 11) is 0. The van der Waals surface area contributed by atoms with Gasteiger partial charge in [0.05, 0.1) is 6.07 Å². The highest BCUT2D eigenvalue weighted by Gasteiger charge is 2.38. The first-order valence-corrected chi connectivity index (χ1v) is 8.34. The number of piperidine rings is 1. The Bertz CT molecular complexity index is 636. The molecule has 1 fully saturated rings. The lowest BCUT2D eigenvalue weighted by Crippen LogP contribution is -2.46. The molecule has 6 heteroatoms.